The molecule has 0 bridgehead atoms. The third-order valence-corrected chi connectivity index (χ3v) is 8.84. The molecule has 1 saturated carbocycles. The minimum atomic E-state index is -1.14. The highest BCUT2D eigenvalue weighted by Gasteiger charge is 2.43. The number of para-hydroxylation sites is 2. The van der Waals surface area contributed by atoms with Gasteiger partial charge in [-0.25, -0.2) is 14.4 Å². The van der Waals surface area contributed by atoms with Crippen molar-refractivity contribution in [2.24, 2.45) is 0 Å². The number of anilines is 2. The smallest absolute Gasteiger partial charge is 0.329 e. The molecule has 2 aromatic carbocycles. The molecule has 3 heterocycles. The fraction of sp³-hybridized carbons (Fsp3) is 0.367. The summed E-state index contributed by atoms with van der Waals surface area (Å²) >= 11 is 1.68. The van der Waals surface area contributed by atoms with Gasteiger partial charge in [0.1, 0.15) is 6.04 Å². The van der Waals surface area contributed by atoms with Gasteiger partial charge in [0.25, 0.3) is 0 Å². The predicted octanol–water partition coefficient (Wildman–Crippen LogP) is 5.27. The maximum Gasteiger partial charge on any atom is 0.329 e. The van der Waals surface area contributed by atoms with Crippen LogP contribution in [0.5, 0.6) is 0 Å². The molecule has 2 aliphatic heterocycles. The van der Waals surface area contributed by atoms with E-state index in [1.165, 1.54) is 9.78 Å². The molecule has 202 valence electrons. The second kappa shape index (κ2) is 10.4. The number of fused-ring (bicyclic) bond motifs is 2. The number of carboxylic acid groups (broad SMARTS) is 1. The summed E-state index contributed by atoms with van der Waals surface area (Å²) < 4.78 is 0. The summed E-state index contributed by atoms with van der Waals surface area (Å²) in [6.45, 7) is 2.98. The lowest BCUT2D eigenvalue weighted by Gasteiger charge is -2.42. The number of benzene rings is 2. The summed E-state index contributed by atoms with van der Waals surface area (Å²) in [5.74, 6) is -1.11. The number of carboxylic acids is 1. The van der Waals surface area contributed by atoms with E-state index in [1.807, 2.05) is 60.4 Å². The SMILES string of the molecule is Cc1ccc(CN(C(=O)N2CCN(C(=O)N3c4ccccc4CCc4ccccc43)[C@H](C(=O)O)C2)C2CC2)s1. The number of hydrogen-bond acceptors (Lipinski definition) is 4. The van der Waals surface area contributed by atoms with Crippen molar-refractivity contribution in [2.75, 3.05) is 24.5 Å². The first-order valence-corrected chi connectivity index (χ1v) is 14.3. The number of nitrogens with zero attached hydrogens (tertiary/aromatic N) is 4. The Morgan fingerprint density at radius 1 is 0.923 bits per heavy atom. The molecule has 1 N–H and O–H groups in total. The molecule has 2 fully saturated rings. The van der Waals surface area contributed by atoms with Gasteiger partial charge in [0.15, 0.2) is 0 Å². The topological polar surface area (TPSA) is 84.4 Å². The van der Waals surface area contributed by atoms with Gasteiger partial charge in [-0.15, -0.1) is 11.3 Å². The van der Waals surface area contributed by atoms with Crippen molar-refractivity contribution in [2.45, 2.75) is 51.2 Å². The Balaban J connectivity index is 1.26. The van der Waals surface area contributed by atoms with Crippen molar-refractivity contribution in [1.82, 2.24) is 14.7 Å². The van der Waals surface area contributed by atoms with E-state index in [1.54, 1.807) is 21.1 Å². The van der Waals surface area contributed by atoms with Crippen LogP contribution in [0.4, 0.5) is 21.0 Å². The first-order valence-electron chi connectivity index (χ1n) is 13.5. The second-order valence-electron chi connectivity index (χ2n) is 10.5. The first kappa shape index (κ1) is 25.4. The van der Waals surface area contributed by atoms with Crippen molar-refractivity contribution < 1.29 is 19.5 Å². The van der Waals surface area contributed by atoms with Crippen LogP contribution in [0.3, 0.4) is 0 Å². The molecule has 4 amide bonds. The number of piperazine rings is 1. The molecule has 6 rings (SSSR count). The van der Waals surface area contributed by atoms with Crippen molar-refractivity contribution >= 4 is 40.7 Å². The van der Waals surface area contributed by atoms with E-state index in [0.717, 1.165) is 53.1 Å². The van der Waals surface area contributed by atoms with E-state index in [0.29, 0.717) is 6.54 Å². The van der Waals surface area contributed by atoms with Gasteiger partial charge in [0, 0.05) is 28.9 Å². The maximum absolute atomic E-state index is 14.2. The number of aryl methyl sites for hydroxylation is 3. The molecule has 0 unspecified atom stereocenters. The normalized spacial score (nSPS) is 18.7. The molecule has 9 heteroatoms. The van der Waals surface area contributed by atoms with Crippen LogP contribution in [-0.4, -0.2) is 69.6 Å². The van der Waals surface area contributed by atoms with Crippen LogP contribution in [0.25, 0.3) is 0 Å². The lowest BCUT2D eigenvalue weighted by atomic mass is 10.0. The zero-order chi connectivity index (χ0) is 27.1. The highest BCUT2D eigenvalue weighted by Crippen LogP contribution is 2.37. The highest BCUT2D eigenvalue weighted by molar-refractivity contribution is 7.11. The van der Waals surface area contributed by atoms with E-state index in [9.17, 15) is 19.5 Å². The third-order valence-electron chi connectivity index (χ3n) is 7.86. The van der Waals surface area contributed by atoms with E-state index in [-0.39, 0.29) is 37.7 Å². The Kier molecular flexibility index (Phi) is 6.76. The van der Waals surface area contributed by atoms with Crippen LogP contribution < -0.4 is 4.90 Å². The van der Waals surface area contributed by atoms with Gasteiger partial charge in [-0.05, 0) is 68.0 Å². The molecule has 1 aliphatic carbocycles. The molecule has 0 radical (unpaired) electrons. The quantitative estimate of drug-likeness (QED) is 0.485. The first-order chi connectivity index (χ1) is 18.9. The number of urea groups is 2. The number of rotatable bonds is 4. The van der Waals surface area contributed by atoms with Gasteiger partial charge >= 0.3 is 18.0 Å². The lowest BCUT2D eigenvalue weighted by molar-refractivity contribution is -0.143. The van der Waals surface area contributed by atoms with Gasteiger partial charge in [0.2, 0.25) is 0 Å². The van der Waals surface area contributed by atoms with Gasteiger partial charge in [0.05, 0.1) is 24.5 Å². The van der Waals surface area contributed by atoms with Crippen LogP contribution in [0.2, 0.25) is 0 Å². The average Bonchev–Trinajstić information content (AvgIpc) is 3.73. The molecule has 1 aromatic heterocycles. The number of hydrogen-bond donors (Lipinski definition) is 1. The van der Waals surface area contributed by atoms with Gasteiger partial charge in [-0.1, -0.05) is 36.4 Å². The van der Waals surface area contributed by atoms with E-state index in [2.05, 4.69) is 12.1 Å². The Morgan fingerprint density at radius 2 is 1.56 bits per heavy atom. The standard InChI is InChI=1S/C30H32N4O4S/c1-20-10-15-24(39-20)18-33(23-13-14-23)29(37)31-16-17-32(27(19-31)28(35)36)30(38)34-25-8-4-2-6-21(25)11-12-22-7-3-5-9-26(22)34/h2-10,15,23,27H,11-14,16-19H2,1H3,(H,35,36)/t27-/m0/s1. The number of thiophene rings is 1. The lowest BCUT2D eigenvalue weighted by Crippen LogP contribution is -2.62. The molecule has 8 nitrogen and oxygen atoms in total. The van der Waals surface area contributed by atoms with Crippen molar-refractivity contribution in [3.63, 3.8) is 0 Å². The van der Waals surface area contributed by atoms with E-state index in [4.69, 9.17) is 0 Å². The summed E-state index contributed by atoms with van der Waals surface area (Å²) in [7, 11) is 0. The minimum Gasteiger partial charge on any atom is -0.480 e. The Hall–Kier alpha value is -3.85. The fourth-order valence-corrected chi connectivity index (χ4v) is 6.56. The number of amides is 4. The van der Waals surface area contributed by atoms with Crippen LogP contribution in [0.1, 0.15) is 33.7 Å². The minimum absolute atomic E-state index is 0.0380. The van der Waals surface area contributed by atoms with Crippen LogP contribution in [-0.2, 0) is 24.2 Å². The molecule has 1 saturated heterocycles. The maximum atomic E-state index is 14.2. The van der Waals surface area contributed by atoms with E-state index < -0.39 is 12.0 Å². The zero-order valence-corrected chi connectivity index (χ0v) is 22.8. The zero-order valence-electron chi connectivity index (χ0n) is 22.0. The van der Waals surface area contributed by atoms with Crippen molar-refractivity contribution in [3.05, 3.63) is 81.5 Å². The largest absolute Gasteiger partial charge is 0.480 e. The van der Waals surface area contributed by atoms with Gasteiger partial charge in [-0.2, -0.15) is 0 Å². The van der Waals surface area contributed by atoms with Crippen molar-refractivity contribution in [3.8, 4) is 0 Å². The van der Waals surface area contributed by atoms with E-state index >= 15 is 0 Å². The monoisotopic (exact) mass is 544 g/mol. The molecular weight excluding hydrogens is 512 g/mol. The predicted molar refractivity (Wildman–Crippen MR) is 151 cm³/mol. The third kappa shape index (κ3) is 4.98. The molecular formula is C30H32N4O4S. The van der Waals surface area contributed by atoms with Crippen LogP contribution >= 0.6 is 11.3 Å². The Morgan fingerprint density at radius 3 is 2.13 bits per heavy atom. The van der Waals surface area contributed by atoms with Gasteiger partial charge < -0.3 is 19.8 Å². The molecule has 0 spiro atoms. The summed E-state index contributed by atoms with van der Waals surface area (Å²) in [6, 6.07) is 18.3. The summed E-state index contributed by atoms with van der Waals surface area (Å²) in [5, 5.41) is 10.2. The summed E-state index contributed by atoms with van der Waals surface area (Å²) in [6.07, 6.45) is 3.51. The average molecular weight is 545 g/mol. The fourth-order valence-electron chi connectivity index (χ4n) is 5.67. The second-order valence-corrected chi connectivity index (χ2v) is 11.9. The molecule has 3 aliphatic rings. The number of carbonyl (C=O) groups excluding carboxylic acids is 2. The molecule has 39 heavy (non-hydrogen) atoms. The van der Waals surface area contributed by atoms with Crippen LogP contribution in [0.15, 0.2) is 60.7 Å². The summed E-state index contributed by atoms with van der Waals surface area (Å²) in [5.41, 5.74) is 3.65. The van der Waals surface area contributed by atoms with Crippen LogP contribution in [0, 0.1) is 6.92 Å². The number of aliphatic carboxylic acids is 1. The Labute approximate surface area is 232 Å². The van der Waals surface area contributed by atoms with Gasteiger partial charge in [-0.3, -0.25) is 4.90 Å². The molecule has 1 atom stereocenters. The van der Waals surface area contributed by atoms with Crippen molar-refractivity contribution in [1.29, 1.82) is 0 Å². The molecule has 3 aromatic rings. The summed E-state index contributed by atoms with van der Waals surface area (Å²) in [4.78, 5) is 49.3. The number of carbonyl (C=O) groups is 3. The highest BCUT2D eigenvalue weighted by atomic mass is 32.1. The Bertz CT molecular complexity index is 1370.